The number of hydrogen-bond acceptors (Lipinski definition) is 4. The summed E-state index contributed by atoms with van der Waals surface area (Å²) in [4.78, 5) is 47.1. The third-order valence-corrected chi connectivity index (χ3v) is 3.31. The number of carbonyl (C=O) groups excluding carboxylic acids is 2. The summed E-state index contributed by atoms with van der Waals surface area (Å²) in [6.07, 6.45) is 0.449. The number of carboxylic acids is 1. The molecule has 0 fully saturated rings. The molecule has 1 aromatic carbocycles. The second-order valence-electron chi connectivity index (χ2n) is 4.99. The Morgan fingerprint density at radius 2 is 1.83 bits per heavy atom. The molecule has 0 aliphatic rings. The Hall–Kier alpha value is -3.42. The van der Waals surface area contributed by atoms with Crippen LogP contribution in [0.15, 0.2) is 41.2 Å². The second-order valence-corrected chi connectivity index (χ2v) is 4.99. The number of pyridine rings is 1. The molecule has 1 aromatic heterocycles. The second kappa shape index (κ2) is 7.23. The fourth-order valence-electron chi connectivity index (χ4n) is 1.97. The number of amides is 2. The number of hydrogen-bond donors (Lipinski definition) is 4. The van der Waals surface area contributed by atoms with Crippen LogP contribution in [-0.2, 0) is 9.59 Å². The van der Waals surface area contributed by atoms with E-state index in [1.165, 1.54) is 12.1 Å². The van der Waals surface area contributed by atoms with Crippen molar-refractivity contribution in [1.82, 2.24) is 10.3 Å². The fourth-order valence-corrected chi connectivity index (χ4v) is 1.97. The van der Waals surface area contributed by atoms with Crippen LogP contribution in [0.4, 0.5) is 5.69 Å². The number of aromatic amines is 1. The molecule has 0 saturated heterocycles. The number of aromatic nitrogens is 1. The highest BCUT2D eigenvalue weighted by Gasteiger charge is 2.12. The topological polar surface area (TPSA) is 128 Å². The smallest absolute Gasteiger partial charge is 0.341 e. The lowest BCUT2D eigenvalue weighted by Gasteiger charge is -2.11. The van der Waals surface area contributed by atoms with E-state index in [1.54, 1.807) is 31.2 Å². The minimum Gasteiger partial charge on any atom is -0.477 e. The SMILES string of the molecule is C[C@H](NC=O)C(=O)Nc1ccc(-c2ccc(C(=O)O)c(=O)[nH]2)cc1. The largest absolute Gasteiger partial charge is 0.477 e. The van der Waals surface area contributed by atoms with Crippen LogP contribution in [0.25, 0.3) is 11.3 Å². The highest BCUT2D eigenvalue weighted by atomic mass is 16.4. The predicted octanol–water partition coefficient (Wildman–Crippen LogP) is 0.813. The zero-order valence-corrected chi connectivity index (χ0v) is 12.7. The van der Waals surface area contributed by atoms with Crippen molar-refractivity contribution in [3.63, 3.8) is 0 Å². The van der Waals surface area contributed by atoms with Gasteiger partial charge in [-0.05, 0) is 36.8 Å². The molecule has 2 amide bonds. The summed E-state index contributed by atoms with van der Waals surface area (Å²) in [5.74, 6) is -1.66. The normalized spacial score (nSPS) is 11.4. The molecule has 4 N–H and O–H groups in total. The van der Waals surface area contributed by atoms with Crippen LogP contribution in [0.3, 0.4) is 0 Å². The van der Waals surface area contributed by atoms with Crippen LogP contribution in [0, 0.1) is 0 Å². The van der Waals surface area contributed by atoms with Gasteiger partial charge in [-0.3, -0.25) is 14.4 Å². The van der Waals surface area contributed by atoms with Crippen LogP contribution in [0.5, 0.6) is 0 Å². The molecule has 2 rings (SSSR count). The van der Waals surface area contributed by atoms with Crippen LogP contribution in [0.2, 0.25) is 0 Å². The number of anilines is 1. The maximum Gasteiger partial charge on any atom is 0.341 e. The molecule has 0 unspecified atom stereocenters. The Morgan fingerprint density at radius 1 is 1.17 bits per heavy atom. The van der Waals surface area contributed by atoms with Gasteiger partial charge in [-0.15, -0.1) is 0 Å². The zero-order valence-electron chi connectivity index (χ0n) is 12.7. The first-order valence-electron chi connectivity index (χ1n) is 7.00. The molecule has 0 aliphatic carbocycles. The van der Waals surface area contributed by atoms with Crippen molar-refractivity contribution in [3.8, 4) is 11.3 Å². The van der Waals surface area contributed by atoms with E-state index >= 15 is 0 Å². The number of rotatable bonds is 6. The van der Waals surface area contributed by atoms with Gasteiger partial charge in [-0.25, -0.2) is 4.79 Å². The van der Waals surface area contributed by atoms with Crippen LogP contribution in [-0.4, -0.2) is 34.4 Å². The summed E-state index contributed by atoms with van der Waals surface area (Å²) in [7, 11) is 0. The van der Waals surface area contributed by atoms with Gasteiger partial charge in [0.15, 0.2) is 0 Å². The third-order valence-electron chi connectivity index (χ3n) is 3.31. The standard InChI is InChI=1S/C16H15N3O5/c1-9(17-8-20)14(21)18-11-4-2-10(3-5-11)13-7-6-12(16(23)24)15(22)19-13/h2-9H,1H3,(H,17,20)(H,18,21)(H,19,22)(H,23,24)/t9-/m0/s1. The molecule has 0 spiro atoms. The van der Waals surface area contributed by atoms with E-state index in [0.717, 1.165) is 0 Å². The molecule has 0 saturated carbocycles. The monoisotopic (exact) mass is 329 g/mol. The first-order valence-corrected chi connectivity index (χ1v) is 7.00. The average Bonchev–Trinajstić information content (AvgIpc) is 2.55. The molecule has 1 atom stereocenters. The molecular formula is C16H15N3O5. The Labute approximate surface area is 136 Å². The molecule has 8 nitrogen and oxygen atoms in total. The third kappa shape index (κ3) is 3.86. The Kier molecular flexibility index (Phi) is 5.10. The molecular weight excluding hydrogens is 314 g/mol. The molecule has 0 bridgehead atoms. The Bertz CT molecular complexity index is 826. The van der Waals surface area contributed by atoms with Gasteiger partial charge in [0.2, 0.25) is 12.3 Å². The summed E-state index contributed by atoms with van der Waals surface area (Å²) >= 11 is 0. The van der Waals surface area contributed by atoms with Crippen molar-refractivity contribution in [2.75, 3.05) is 5.32 Å². The van der Waals surface area contributed by atoms with Crippen molar-refractivity contribution in [3.05, 3.63) is 52.3 Å². The minimum atomic E-state index is -1.29. The number of H-pyrrole nitrogens is 1. The van der Waals surface area contributed by atoms with Gasteiger partial charge in [0.05, 0.1) is 0 Å². The summed E-state index contributed by atoms with van der Waals surface area (Å²) in [5.41, 5.74) is 0.609. The summed E-state index contributed by atoms with van der Waals surface area (Å²) in [6, 6.07) is 8.66. The summed E-state index contributed by atoms with van der Waals surface area (Å²) in [5, 5.41) is 13.8. The Balaban J connectivity index is 2.16. The minimum absolute atomic E-state index is 0.334. The lowest BCUT2D eigenvalue weighted by Crippen LogP contribution is -2.37. The summed E-state index contributed by atoms with van der Waals surface area (Å²) in [6.45, 7) is 1.55. The molecule has 0 radical (unpaired) electrons. The predicted molar refractivity (Wildman–Crippen MR) is 86.7 cm³/mol. The Morgan fingerprint density at radius 3 is 2.38 bits per heavy atom. The fraction of sp³-hybridized carbons (Fsp3) is 0.125. The number of benzene rings is 1. The van der Waals surface area contributed by atoms with Gasteiger partial charge < -0.3 is 20.7 Å². The van der Waals surface area contributed by atoms with Crippen LogP contribution in [0.1, 0.15) is 17.3 Å². The van der Waals surface area contributed by atoms with E-state index in [9.17, 15) is 19.2 Å². The van der Waals surface area contributed by atoms with Gasteiger partial charge in [0, 0.05) is 11.4 Å². The van der Waals surface area contributed by atoms with Gasteiger partial charge in [0.25, 0.3) is 5.56 Å². The number of aromatic carboxylic acids is 1. The van der Waals surface area contributed by atoms with E-state index in [-0.39, 0.29) is 11.5 Å². The van der Waals surface area contributed by atoms with Gasteiger partial charge in [0.1, 0.15) is 11.6 Å². The maximum atomic E-state index is 11.8. The van der Waals surface area contributed by atoms with E-state index < -0.39 is 17.6 Å². The van der Waals surface area contributed by atoms with E-state index in [0.29, 0.717) is 23.4 Å². The first kappa shape index (κ1) is 16.9. The van der Waals surface area contributed by atoms with E-state index in [1.807, 2.05) is 0 Å². The molecule has 2 aromatic rings. The lowest BCUT2D eigenvalue weighted by molar-refractivity contribution is -0.120. The van der Waals surface area contributed by atoms with Crippen molar-refractivity contribution in [2.24, 2.45) is 0 Å². The number of carbonyl (C=O) groups is 3. The zero-order chi connectivity index (χ0) is 17.7. The van der Waals surface area contributed by atoms with Gasteiger partial charge in [-0.2, -0.15) is 0 Å². The molecule has 8 heteroatoms. The quantitative estimate of drug-likeness (QED) is 0.583. The molecule has 1 heterocycles. The van der Waals surface area contributed by atoms with Crippen molar-refractivity contribution in [2.45, 2.75) is 13.0 Å². The number of carboxylic acid groups (broad SMARTS) is 1. The molecule has 0 aliphatic heterocycles. The van der Waals surface area contributed by atoms with Crippen molar-refractivity contribution >= 4 is 24.0 Å². The highest BCUT2D eigenvalue weighted by Crippen LogP contribution is 2.19. The lowest BCUT2D eigenvalue weighted by atomic mass is 10.1. The van der Waals surface area contributed by atoms with Crippen molar-refractivity contribution < 1.29 is 19.5 Å². The maximum absolute atomic E-state index is 11.8. The molecule has 24 heavy (non-hydrogen) atoms. The first-order chi connectivity index (χ1) is 11.4. The van der Waals surface area contributed by atoms with Gasteiger partial charge >= 0.3 is 5.97 Å². The molecule has 124 valence electrons. The van der Waals surface area contributed by atoms with Gasteiger partial charge in [-0.1, -0.05) is 12.1 Å². The van der Waals surface area contributed by atoms with E-state index in [2.05, 4.69) is 15.6 Å². The highest BCUT2D eigenvalue weighted by molar-refractivity contribution is 5.95. The van der Waals surface area contributed by atoms with Crippen molar-refractivity contribution in [1.29, 1.82) is 0 Å². The van der Waals surface area contributed by atoms with Crippen LogP contribution < -0.4 is 16.2 Å². The summed E-state index contributed by atoms with van der Waals surface area (Å²) < 4.78 is 0. The average molecular weight is 329 g/mol. The van der Waals surface area contributed by atoms with Crippen LogP contribution >= 0.6 is 0 Å². The number of nitrogens with one attached hydrogen (secondary N) is 3. The van der Waals surface area contributed by atoms with E-state index in [4.69, 9.17) is 5.11 Å².